The summed E-state index contributed by atoms with van der Waals surface area (Å²) in [5.74, 6) is -0.544. The fraction of sp³-hybridized carbons (Fsp3) is 0.417. The number of hydrogen-bond donors (Lipinski definition) is 0. The molecule has 0 bridgehead atoms. The number of halogens is 3. The number of carbonyl (C=O) groups excluding carboxylic acids is 1. The minimum absolute atomic E-state index is 0.100. The number of aromatic nitrogens is 1. The normalized spacial score (nSPS) is 10.9. The van der Waals surface area contributed by atoms with Crippen LogP contribution in [0, 0.1) is 11.3 Å². The first-order valence-electron chi connectivity index (χ1n) is 5.59. The minimum Gasteiger partial charge on any atom is -0.324 e. The van der Waals surface area contributed by atoms with Crippen molar-refractivity contribution in [1.82, 2.24) is 9.88 Å². The molecule has 0 aliphatic heterocycles. The van der Waals surface area contributed by atoms with E-state index >= 15 is 0 Å². The van der Waals surface area contributed by atoms with E-state index in [1.807, 2.05) is 13.0 Å². The van der Waals surface area contributed by atoms with Crippen LogP contribution in [0.5, 0.6) is 0 Å². The summed E-state index contributed by atoms with van der Waals surface area (Å²) in [6.07, 6.45) is -3.22. The molecule has 1 amide bonds. The molecule has 0 saturated carbocycles. The van der Waals surface area contributed by atoms with Crippen LogP contribution < -0.4 is 0 Å². The number of alkyl halides is 3. The maximum atomic E-state index is 12.3. The van der Waals surface area contributed by atoms with Gasteiger partial charge in [0.05, 0.1) is 11.6 Å². The van der Waals surface area contributed by atoms with Crippen molar-refractivity contribution in [1.29, 1.82) is 5.26 Å². The second kappa shape index (κ2) is 6.18. The van der Waals surface area contributed by atoms with Gasteiger partial charge in [0.2, 0.25) is 0 Å². The van der Waals surface area contributed by atoms with Gasteiger partial charge in [0, 0.05) is 12.7 Å². The Morgan fingerprint density at radius 1 is 1.47 bits per heavy atom. The van der Waals surface area contributed by atoms with Gasteiger partial charge in [-0.3, -0.25) is 9.78 Å². The van der Waals surface area contributed by atoms with Gasteiger partial charge < -0.3 is 4.90 Å². The Balaban J connectivity index is 2.91. The molecule has 4 nitrogen and oxygen atoms in total. The fourth-order valence-electron chi connectivity index (χ4n) is 1.46. The highest BCUT2D eigenvalue weighted by Crippen LogP contribution is 2.28. The van der Waals surface area contributed by atoms with Crippen LogP contribution in [0.15, 0.2) is 18.3 Å². The van der Waals surface area contributed by atoms with Crippen molar-refractivity contribution in [3.63, 3.8) is 0 Å². The molecule has 7 heteroatoms. The molecule has 1 rings (SSSR count). The lowest BCUT2D eigenvalue weighted by atomic mass is 10.2. The van der Waals surface area contributed by atoms with Crippen molar-refractivity contribution in [2.45, 2.75) is 19.5 Å². The van der Waals surface area contributed by atoms with Gasteiger partial charge in [-0.1, -0.05) is 6.92 Å². The maximum absolute atomic E-state index is 12.3. The second-order valence-corrected chi connectivity index (χ2v) is 3.81. The zero-order valence-electron chi connectivity index (χ0n) is 10.2. The quantitative estimate of drug-likeness (QED) is 0.790. The number of hydrogen-bond acceptors (Lipinski definition) is 3. The van der Waals surface area contributed by atoms with E-state index in [0.29, 0.717) is 19.2 Å². The van der Waals surface area contributed by atoms with Crippen molar-refractivity contribution in [2.75, 3.05) is 13.1 Å². The third-order valence-electron chi connectivity index (χ3n) is 2.35. The highest BCUT2D eigenvalue weighted by Gasteiger charge is 2.31. The lowest BCUT2D eigenvalue weighted by Crippen LogP contribution is -2.32. The van der Waals surface area contributed by atoms with E-state index in [2.05, 4.69) is 4.98 Å². The van der Waals surface area contributed by atoms with Crippen molar-refractivity contribution in [3.8, 4) is 6.07 Å². The van der Waals surface area contributed by atoms with Gasteiger partial charge in [0.1, 0.15) is 12.2 Å². The number of nitriles is 1. The number of carbonyl (C=O) groups is 1. The first-order chi connectivity index (χ1) is 8.90. The van der Waals surface area contributed by atoms with Crippen LogP contribution in [0.25, 0.3) is 0 Å². The number of rotatable bonds is 4. The molecule has 1 heterocycles. The van der Waals surface area contributed by atoms with Gasteiger partial charge in [0.15, 0.2) is 0 Å². The van der Waals surface area contributed by atoms with Gasteiger partial charge in [0.25, 0.3) is 5.91 Å². The highest BCUT2D eigenvalue weighted by molar-refractivity contribution is 5.92. The van der Waals surface area contributed by atoms with Crippen LogP contribution in [0.3, 0.4) is 0 Å². The summed E-state index contributed by atoms with van der Waals surface area (Å²) < 4.78 is 37.0. The second-order valence-electron chi connectivity index (χ2n) is 3.81. The van der Waals surface area contributed by atoms with Crippen LogP contribution in [-0.2, 0) is 6.18 Å². The largest absolute Gasteiger partial charge is 0.417 e. The minimum atomic E-state index is -4.48. The zero-order chi connectivity index (χ0) is 14.5. The summed E-state index contributed by atoms with van der Waals surface area (Å²) in [7, 11) is 0. The maximum Gasteiger partial charge on any atom is 0.417 e. The summed E-state index contributed by atoms with van der Waals surface area (Å²) in [5.41, 5.74) is -1.01. The van der Waals surface area contributed by atoms with Crippen LogP contribution in [-0.4, -0.2) is 28.9 Å². The molecule has 0 atom stereocenters. The average molecular weight is 271 g/mol. The van der Waals surface area contributed by atoms with Crippen molar-refractivity contribution < 1.29 is 18.0 Å². The lowest BCUT2D eigenvalue weighted by Gasteiger charge is -2.18. The Hall–Kier alpha value is -2.10. The van der Waals surface area contributed by atoms with Crippen LogP contribution in [0.4, 0.5) is 13.2 Å². The standard InChI is InChI=1S/C12H12F3N3O/c1-2-6-18(7-5-16)11(19)10-4-3-9(8-17-10)12(13,14)15/h3-4,8H,2,6-7H2,1H3. The molecular formula is C12H12F3N3O. The summed E-state index contributed by atoms with van der Waals surface area (Å²) in [6.45, 7) is 2.07. The van der Waals surface area contributed by atoms with E-state index in [9.17, 15) is 18.0 Å². The zero-order valence-corrected chi connectivity index (χ0v) is 10.2. The van der Waals surface area contributed by atoms with Gasteiger partial charge in [-0.25, -0.2) is 0 Å². The third-order valence-corrected chi connectivity index (χ3v) is 2.35. The van der Waals surface area contributed by atoms with Crippen molar-refractivity contribution in [2.24, 2.45) is 0 Å². The van der Waals surface area contributed by atoms with E-state index in [-0.39, 0.29) is 12.2 Å². The molecule has 19 heavy (non-hydrogen) atoms. The molecule has 0 aliphatic rings. The molecule has 0 spiro atoms. The van der Waals surface area contributed by atoms with Crippen LogP contribution in [0.1, 0.15) is 29.4 Å². The molecule has 102 valence electrons. The topological polar surface area (TPSA) is 57.0 Å². The van der Waals surface area contributed by atoms with Crippen LogP contribution >= 0.6 is 0 Å². The Morgan fingerprint density at radius 3 is 2.58 bits per heavy atom. The molecule has 0 fully saturated rings. The van der Waals surface area contributed by atoms with Gasteiger partial charge in [-0.2, -0.15) is 18.4 Å². The molecule has 0 aliphatic carbocycles. The van der Waals surface area contributed by atoms with E-state index in [0.717, 1.165) is 12.1 Å². The monoisotopic (exact) mass is 271 g/mol. The van der Waals surface area contributed by atoms with Gasteiger partial charge in [-0.15, -0.1) is 0 Å². The molecule has 0 aromatic carbocycles. The Morgan fingerprint density at radius 2 is 2.16 bits per heavy atom. The number of pyridine rings is 1. The Labute approximate surface area is 108 Å². The smallest absolute Gasteiger partial charge is 0.324 e. The Bertz CT molecular complexity index is 476. The Kier molecular flexibility index (Phi) is 4.87. The summed E-state index contributed by atoms with van der Waals surface area (Å²) in [4.78, 5) is 16.7. The SMILES string of the molecule is CCCN(CC#N)C(=O)c1ccc(C(F)(F)F)cn1. The first kappa shape index (κ1) is 15.0. The van der Waals surface area contributed by atoms with Crippen LogP contribution in [0.2, 0.25) is 0 Å². The molecule has 0 N–H and O–H groups in total. The van der Waals surface area contributed by atoms with E-state index in [1.54, 1.807) is 0 Å². The molecule has 0 unspecified atom stereocenters. The third kappa shape index (κ3) is 3.95. The van der Waals surface area contributed by atoms with Gasteiger partial charge >= 0.3 is 6.18 Å². The van der Waals surface area contributed by atoms with Crippen molar-refractivity contribution >= 4 is 5.91 Å². The van der Waals surface area contributed by atoms with Crippen molar-refractivity contribution in [3.05, 3.63) is 29.6 Å². The molecule has 0 radical (unpaired) electrons. The average Bonchev–Trinajstić information content (AvgIpc) is 2.37. The number of amides is 1. The predicted molar refractivity (Wildman–Crippen MR) is 61.0 cm³/mol. The predicted octanol–water partition coefficient (Wildman–Crippen LogP) is 2.48. The van der Waals surface area contributed by atoms with E-state index in [4.69, 9.17) is 5.26 Å². The molecule has 1 aromatic heterocycles. The lowest BCUT2D eigenvalue weighted by molar-refractivity contribution is -0.137. The number of nitrogens with zero attached hydrogens (tertiary/aromatic N) is 3. The summed E-state index contributed by atoms with van der Waals surface area (Å²) in [5, 5.41) is 8.60. The first-order valence-corrected chi connectivity index (χ1v) is 5.59. The molecule has 1 aromatic rings. The van der Waals surface area contributed by atoms with E-state index in [1.165, 1.54) is 4.90 Å². The van der Waals surface area contributed by atoms with E-state index < -0.39 is 17.6 Å². The highest BCUT2D eigenvalue weighted by atomic mass is 19.4. The molecule has 0 saturated heterocycles. The van der Waals surface area contributed by atoms with Gasteiger partial charge in [-0.05, 0) is 18.6 Å². The summed E-state index contributed by atoms with van der Waals surface area (Å²) >= 11 is 0. The fourth-order valence-corrected chi connectivity index (χ4v) is 1.46. The molecular weight excluding hydrogens is 259 g/mol. The summed E-state index contributed by atoms with van der Waals surface area (Å²) in [6, 6.07) is 3.66.